The summed E-state index contributed by atoms with van der Waals surface area (Å²) in [5.41, 5.74) is 0. The summed E-state index contributed by atoms with van der Waals surface area (Å²) in [4.78, 5) is 23.3. The number of carbonyl (C=O) groups excluding carboxylic acids is 1. The molecule has 1 amide bonds. The van der Waals surface area contributed by atoms with Crippen molar-refractivity contribution in [2.24, 2.45) is 0 Å². The number of aliphatic hydroxyl groups excluding tert-OH is 1. The van der Waals surface area contributed by atoms with Gasteiger partial charge in [0.05, 0.1) is 39.9 Å². The molecule has 0 bridgehead atoms. The van der Waals surface area contributed by atoms with Crippen LogP contribution in [0.4, 0.5) is 0 Å². The molecule has 0 spiro atoms. The Labute approximate surface area is 441 Å². The van der Waals surface area contributed by atoms with E-state index in [0.29, 0.717) is 17.4 Å². The maximum atomic E-state index is 13.0. The standard InChI is InChI=1S/C62H119N2O6P/c1-6-8-10-12-14-16-18-20-22-24-26-28-30-31-32-33-34-36-38-40-42-44-46-48-50-52-54-56-62(66)63-60(59-70-71(67,68)69-58-57-64(3,4)5)61(65)55-53-51-49-47-45-43-41-39-37-35-29-27-25-23-21-19-17-15-13-11-9-7-2/h18,20,24,26,30-31,53,55,60-61,65H,6-17,19,21-23,25,27-29,32-52,54,56-59H2,1-5H3,(H-,63,66,67,68)/p+1/b20-18-,26-24-,31-30-,55-53+. The van der Waals surface area contributed by atoms with Crippen molar-refractivity contribution in [2.45, 2.75) is 302 Å². The Hall–Kier alpha value is -1.54. The third-order valence-corrected chi connectivity index (χ3v) is 14.8. The predicted molar refractivity (Wildman–Crippen MR) is 309 cm³/mol. The summed E-state index contributed by atoms with van der Waals surface area (Å²) in [6.07, 6.45) is 70.7. The van der Waals surface area contributed by atoms with Crippen molar-refractivity contribution in [3.63, 3.8) is 0 Å². The van der Waals surface area contributed by atoms with Gasteiger partial charge in [0, 0.05) is 6.42 Å². The molecule has 8 nitrogen and oxygen atoms in total. The van der Waals surface area contributed by atoms with Gasteiger partial charge in [-0.2, -0.15) is 0 Å². The third kappa shape index (κ3) is 56.0. The van der Waals surface area contributed by atoms with Gasteiger partial charge in [-0.3, -0.25) is 13.8 Å². The number of hydrogen-bond donors (Lipinski definition) is 3. The lowest BCUT2D eigenvalue weighted by Gasteiger charge is -2.25. The molecule has 418 valence electrons. The van der Waals surface area contributed by atoms with E-state index in [-0.39, 0.29) is 19.1 Å². The molecule has 0 aliphatic heterocycles. The SMILES string of the molecule is CCCCCCC/C=C\C/C=C\C/C=C\CCCCCCCCCCCCCCC(=O)NC(COP(=O)(O)OCC[N+](C)(C)C)C(O)/C=C/CCCCCCCCCCCCCCCCCCCCCC. The molecule has 0 aromatic heterocycles. The number of nitrogens with one attached hydrogen (secondary N) is 1. The van der Waals surface area contributed by atoms with Crippen LogP contribution in [0.2, 0.25) is 0 Å². The monoisotopic (exact) mass is 1020 g/mol. The summed E-state index contributed by atoms with van der Waals surface area (Å²) in [6, 6.07) is -0.849. The van der Waals surface area contributed by atoms with Gasteiger partial charge in [0.25, 0.3) is 0 Å². The first-order chi connectivity index (χ1) is 34.5. The highest BCUT2D eigenvalue weighted by Crippen LogP contribution is 2.43. The Kier molecular flexibility index (Phi) is 52.1. The van der Waals surface area contributed by atoms with Crippen LogP contribution >= 0.6 is 7.82 Å². The van der Waals surface area contributed by atoms with Crippen molar-refractivity contribution >= 4 is 13.7 Å². The molecule has 9 heteroatoms. The lowest BCUT2D eigenvalue weighted by molar-refractivity contribution is -0.870. The van der Waals surface area contributed by atoms with Crippen LogP contribution in [0, 0.1) is 0 Å². The number of phosphoric ester groups is 1. The van der Waals surface area contributed by atoms with Crippen LogP contribution in [0.5, 0.6) is 0 Å². The van der Waals surface area contributed by atoms with Gasteiger partial charge in [0.2, 0.25) is 5.91 Å². The highest BCUT2D eigenvalue weighted by atomic mass is 31.2. The van der Waals surface area contributed by atoms with Gasteiger partial charge in [-0.25, -0.2) is 4.57 Å². The Balaban J connectivity index is 4.18. The Morgan fingerprint density at radius 2 is 0.803 bits per heavy atom. The topological polar surface area (TPSA) is 105 Å². The zero-order valence-corrected chi connectivity index (χ0v) is 48.6. The molecule has 0 aliphatic carbocycles. The van der Waals surface area contributed by atoms with Gasteiger partial charge in [-0.05, 0) is 57.8 Å². The third-order valence-electron chi connectivity index (χ3n) is 13.8. The molecule has 0 aromatic carbocycles. The number of rotatable bonds is 56. The summed E-state index contributed by atoms with van der Waals surface area (Å²) in [7, 11) is 1.58. The highest BCUT2D eigenvalue weighted by Gasteiger charge is 2.27. The van der Waals surface area contributed by atoms with E-state index in [2.05, 4.69) is 55.6 Å². The zero-order chi connectivity index (χ0) is 52.0. The fraction of sp³-hybridized carbons (Fsp3) is 0.855. The second kappa shape index (κ2) is 53.3. The average Bonchev–Trinajstić information content (AvgIpc) is 3.33. The van der Waals surface area contributed by atoms with Crippen molar-refractivity contribution in [1.29, 1.82) is 0 Å². The van der Waals surface area contributed by atoms with E-state index in [1.165, 1.54) is 218 Å². The second-order valence-electron chi connectivity index (χ2n) is 22.1. The molecule has 0 radical (unpaired) electrons. The largest absolute Gasteiger partial charge is 0.472 e. The molecule has 0 saturated heterocycles. The van der Waals surface area contributed by atoms with E-state index in [4.69, 9.17) is 9.05 Å². The molecule has 0 heterocycles. The lowest BCUT2D eigenvalue weighted by atomic mass is 10.0. The Morgan fingerprint density at radius 3 is 1.17 bits per heavy atom. The lowest BCUT2D eigenvalue weighted by Crippen LogP contribution is -2.45. The van der Waals surface area contributed by atoms with E-state index >= 15 is 0 Å². The predicted octanol–water partition coefficient (Wildman–Crippen LogP) is 18.7. The molecule has 3 unspecified atom stereocenters. The molecular weight excluding hydrogens is 900 g/mol. The number of aliphatic hydroxyl groups is 1. The maximum Gasteiger partial charge on any atom is 0.472 e. The van der Waals surface area contributed by atoms with Crippen LogP contribution in [0.3, 0.4) is 0 Å². The molecule has 3 N–H and O–H groups in total. The summed E-state index contributed by atoms with van der Waals surface area (Å²) in [6.45, 7) is 4.84. The molecule has 71 heavy (non-hydrogen) atoms. The van der Waals surface area contributed by atoms with E-state index in [9.17, 15) is 19.4 Å². The van der Waals surface area contributed by atoms with Crippen LogP contribution in [0.15, 0.2) is 48.6 Å². The Morgan fingerprint density at radius 1 is 0.479 bits per heavy atom. The highest BCUT2D eigenvalue weighted by molar-refractivity contribution is 7.47. The van der Waals surface area contributed by atoms with Gasteiger partial charge in [-0.1, -0.05) is 274 Å². The normalized spacial score (nSPS) is 14.2. The van der Waals surface area contributed by atoms with E-state index in [0.717, 1.165) is 51.4 Å². The minimum atomic E-state index is -4.35. The number of phosphoric acid groups is 1. The van der Waals surface area contributed by atoms with Gasteiger partial charge >= 0.3 is 7.82 Å². The maximum absolute atomic E-state index is 13.0. The number of hydrogen-bond acceptors (Lipinski definition) is 5. The van der Waals surface area contributed by atoms with Crippen LogP contribution in [0.1, 0.15) is 290 Å². The quantitative estimate of drug-likeness (QED) is 0.0243. The first-order valence-electron chi connectivity index (χ1n) is 30.5. The van der Waals surface area contributed by atoms with E-state index in [1.807, 2.05) is 27.2 Å². The van der Waals surface area contributed by atoms with Crippen molar-refractivity contribution in [1.82, 2.24) is 5.32 Å². The molecule has 0 aromatic rings. The molecule has 0 saturated carbocycles. The number of carbonyl (C=O) groups is 1. The minimum absolute atomic E-state index is 0.0610. The molecule has 0 aliphatic rings. The van der Waals surface area contributed by atoms with Crippen LogP contribution in [0.25, 0.3) is 0 Å². The second-order valence-corrected chi connectivity index (χ2v) is 23.5. The number of likely N-dealkylation sites (N-methyl/N-ethyl adjacent to an activating group) is 1. The van der Waals surface area contributed by atoms with Gasteiger partial charge in [0.1, 0.15) is 13.2 Å². The van der Waals surface area contributed by atoms with Crippen LogP contribution in [-0.4, -0.2) is 73.4 Å². The van der Waals surface area contributed by atoms with E-state index in [1.54, 1.807) is 6.08 Å². The van der Waals surface area contributed by atoms with Gasteiger partial charge in [-0.15, -0.1) is 0 Å². The fourth-order valence-corrected chi connectivity index (χ4v) is 9.73. The smallest absolute Gasteiger partial charge is 0.387 e. The van der Waals surface area contributed by atoms with Crippen molar-refractivity contribution < 1.29 is 32.9 Å². The number of quaternary nitrogens is 1. The van der Waals surface area contributed by atoms with Crippen molar-refractivity contribution in [3.8, 4) is 0 Å². The number of nitrogens with zero attached hydrogens (tertiary/aromatic N) is 1. The van der Waals surface area contributed by atoms with Crippen molar-refractivity contribution in [3.05, 3.63) is 48.6 Å². The summed E-state index contributed by atoms with van der Waals surface area (Å²) in [5, 5.41) is 14.0. The van der Waals surface area contributed by atoms with Crippen LogP contribution < -0.4 is 5.32 Å². The molecular formula is C62H120N2O6P+. The van der Waals surface area contributed by atoms with E-state index < -0.39 is 20.0 Å². The average molecular weight is 1020 g/mol. The summed E-state index contributed by atoms with van der Waals surface area (Å²) >= 11 is 0. The summed E-state index contributed by atoms with van der Waals surface area (Å²) in [5.74, 6) is -0.176. The summed E-state index contributed by atoms with van der Waals surface area (Å²) < 4.78 is 23.8. The number of unbranched alkanes of at least 4 members (excludes halogenated alkanes) is 37. The fourth-order valence-electron chi connectivity index (χ4n) is 8.99. The zero-order valence-electron chi connectivity index (χ0n) is 47.7. The van der Waals surface area contributed by atoms with Crippen molar-refractivity contribution in [2.75, 3.05) is 40.9 Å². The number of allylic oxidation sites excluding steroid dienone is 7. The van der Waals surface area contributed by atoms with Crippen LogP contribution in [-0.2, 0) is 18.4 Å². The molecule has 3 atom stereocenters. The minimum Gasteiger partial charge on any atom is -0.387 e. The molecule has 0 rings (SSSR count). The first-order valence-corrected chi connectivity index (χ1v) is 32.0. The van der Waals surface area contributed by atoms with Gasteiger partial charge in [0.15, 0.2) is 0 Å². The Bertz CT molecular complexity index is 1290. The molecule has 0 fully saturated rings. The van der Waals surface area contributed by atoms with Gasteiger partial charge < -0.3 is 19.8 Å². The number of amides is 1. The first kappa shape index (κ1) is 69.5.